The summed E-state index contributed by atoms with van der Waals surface area (Å²) in [4.78, 5) is 22.8. The van der Waals surface area contributed by atoms with Crippen molar-refractivity contribution in [2.45, 2.75) is 0 Å². The maximum absolute atomic E-state index is 11.8. The fourth-order valence-electron chi connectivity index (χ4n) is 1.42. The molecule has 104 valence electrons. The lowest BCUT2D eigenvalue weighted by Crippen LogP contribution is -2.20. The molecule has 3 N–H and O–H groups in total. The molecule has 2 rings (SSSR count). The third-order valence-corrected chi connectivity index (χ3v) is 4.12. The first-order valence-electron chi connectivity index (χ1n) is 5.31. The number of carboxylic acid groups (broad SMARTS) is 1. The summed E-state index contributed by atoms with van der Waals surface area (Å²) in [5.41, 5.74) is 0.511. The molecule has 0 saturated heterocycles. The number of rotatable bonds is 3. The number of thiophene rings is 1. The number of aromatic carboxylic acids is 1. The monoisotopic (exact) mass is 422 g/mol. The predicted molar refractivity (Wildman–Crippen MR) is 88.1 cm³/mol. The van der Waals surface area contributed by atoms with Crippen LogP contribution < -0.4 is 10.6 Å². The van der Waals surface area contributed by atoms with E-state index in [0.29, 0.717) is 10.7 Å². The first-order valence-corrected chi connectivity index (χ1v) is 7.65. The SMILES string of the molecule is O=C(Nc1ccc(I)cc1Cl)Nc1sccc1C(=O)O. The molecule has 1 aromatic carbocycles. The standard InChI is InChI=1S/C12H8ClIN2O3S/c13-8-5-6(14)1-2-9(8)15-12(19)16-10-7(11(17)18)3-4-20-10/h1-5H,(H,17,18)(H2,15,16,19). The van der Waals surface area contributed by atoms with Crippen LogP contribution in [0.4, 0.5) is 15.5 Å². The Bertz CT molecular complexity index is 674. The number of hydrogen-bond donors (Lipinski definition) is 3. The third kappa shape index (κ3) is 3.62. The lowest BCUT2D eigenvalue weighted by Gasteiger charge is -2.08. The molecular formula is C12H8ClIN2O3S. The second-order valence-electron chi connectivity index (χ2n) is 3.67. The van der Waals surface area contributed by atoms with Gasteiger partial charge in [-0.2, -0.15) is 0 Å². The average Bonchev–Trinajstić information content (AvgIpc) is 2.81. The summed E-state index contributed by atoms with van der Waals surface area (Å²) in [7, 11) is 0. The van der Waals surface area contributed by atoms with Crippen molar-refractivity contribution in [1.82, 2.24) is 0 Å². The van der Waals surface area contributed by atoms with Gasteiger partial charge in [0.15, 0.2) is 0 Å². The van der Waals surface area contributed by atoms with Gasteiger partial charge in [-0.3, -0.25) is 5.32 Å². The van der Waals surface area contributed by atoms with Crippen molar-refractivity contribution < 1.29 is 14.7 Å². The van der Waals surface area contributed by atoms with Crippen LogP contribution >= 0.6 is 45.5 Å². The van der Waals surface area contributed by atoms with E-state index in [1.165, 1.54) is 6.07 Å². The molecule has 1 heterocycles. The zero-order valence-corrected chi connectivity index (χ0v) is 13.5. The number of benzene rings is 1. The van der Waals surface area contributed by atoms with Gasteiger partial charge < -0.3 is 10.4 Å². The first-order chi connectivity index (χ1) is 9.47. The Morgan fingerprint density at radius 2 is 2.00 bits per heavy atom. The zero-order valence-electron chi connectivity index (χ0n) is 9.81. The molecule has 0 unspecified atom stereocenters. The van der Waals surface area contributed by atoms with Gasteiger partial charge in [0.1, 0.15) is 5.00 Å². The van der Waals surface area contributed by atoms with Crippen LogP contribution in [0.1, 0.15) is 10.4 Å². The van der Waals surface area contributed by atoms with E-state index in [1.807, 2.05) is 0 Å². The molecule has 0 spiro atoms. The number of halogens is 2. The molecule has 0 fully saturated rings. The number of carbonyl (C=O) groups excluding carboxylic acids is 1. The molecule has 0 radical (unpaired) electrons. The molecule has 0 aliphatic heterocycles. The van der Waals surface area contributed by atoms with Crippen molar-refractivity contribution in [3.05, 3.63) is 43.8 Å². The molecule has 5 nitrogen and oxygen atoms in total. The summed E-state index contributed by atoms with van der Waals surface area (Å²) < 4.78 is 0.949. The summed E-state index contributed by atoms with van der Waals surface area (Å²) >= 11 is 9.24. The smallest absolute Gasteiger partial charge is 0.338 e. The average molecular weight is 423 g/mol. The van der Waals surface area contributed by atoms with Crippen molar-refractivity contribution in [3.8, 4) is 0 Å². The largest absolute Gasteiger partial charge is 0.478 e. The van der Waals surface area contributed by atoms with Gasteiger partial charge in [-0.05, 0) is 52.2 Å². The minimum atomic E-state index is -1.09. The predicted octanol–water partition coefficient (Wildman–Crippen LogP) is 4.35. The van der Waals surface area contributed by atoms with Crippen LogP contribution in [0.5, 0.6) is 0 Å². The lowest BCUT2D eigenvalue weighted by atomic mass is 10.3. The van der Waals surface area contributed by atoms with Gasteiger partial charge in [0, 0.05) is 3.57 Å². The second-order valence-corrected chi connectivity index (χ2v) is 6.24. The van der Waals surface area contributed by atoms with E-state index in [9.17, 15) is 9.59 Å². The minimum Gasteiger partial charge on any atom is -0.478 e. The highest BCUT2D eigenvalue weighted by Crippen LogP contribution is 2.26. The van der Waals surface area contributed by atoms with E-state index in [1.54, 1.807) is 23.6 Å². The van der Waals surface area contributed by atoms with Crippen LogP contribution in [-0.4, -0.2) is 17.1 Å². The Morgan fingerprint density at radius 3 is 2.65 bits per heavy atom. The van der Waals surface area contributed by atoms with Gasteiger partial charge in [-0.25, -0.2) is 9.59 Å². The zero-order chi connectivity index (χ0) is 14.7. The molecular weight excluding hydrogens is 415 g/mol. The summed E-state index contributed by atoms with van der Waals surface area (Å²) in [5, 5.41) is 16.3. The van der Waals surface area contributed by atoms with Crippen molar-refractivity contribution in [2.24, 2.45) is 0 Å². The Kier molecular flexibility index (Phi) is 4.84. The minimum absolute atomic E-state index is 0.0545. The Hall–Kier alpha value is -1.32. The molecule has 0 atom stereocenters. The van der Waals surface area contributed by atoms with Crippen LogP contribution in [0.3, 0.4) is 0 Å². The van der Waals surface area contributed by atoms with E-state index < -0.39 is 12.0 Å². The summed E-state index contributed by atoms with van der Waals surface area (Å²) in [6, 6.07) is 6.08. The fourth-order valence-corrected chi connectivity index (χ4v) is 3.10. The maximum Gasteiger partial charge on any atom is 0.338 e. The van der Waals surface area contributed by atoms with Crippen LogP contribution in [0.15, 0.2) is 29.6 Å². The van der Waals surface area contributed by atoms with Crippen molar-refractivity contribution in [1.29, 1.82) is 0 Å². The fraction of sp³-hybridized carbons (Fsp3) is 0. The number of urea groups is 1. The summed E-state index contributed by atoms with van der Waals surface area (Å²) in [6.45, 7) is 0. The molecule has 0 saturated carbocycles. The Morgan fingerprint density at radius 1 is 1.25 bits per heavy atom. The third-order valence-electron chi connectivity index (χ3n) is 2.30. The quantitative estimate of drug-likeness (QED) is 0.644. The highest BCUT2D eigenvalue weighted by atomic mass is 127. The van der Waals surface area contributed by atoms with Gasteiger partial charge in [0.2, 0.25) is 0 Å². The van der Waals surface area contributed by atoms with Gasteiger partial charge >= 0.3 is 12.0 Å². The second kappa shape index (κ2) is 6.42. The maximum atomic E-state index is 11.8. The lowest BCUT2D eigenvalue weighted by molar-refractivity contribution is 0.0698. The highest BCUT2D eigenvalue weighted by Gasteiger charge is 2.14. The van der Waals surface area contributed by atoms with Gasteiger partial charge in [0.05, 0.1) is 16.3 Å². The number of anilines is 2. The highest BCUT2D eigenvalue weighted by molar-refractivity contribution is 14.1. The van der Waals surface area contributed by atoms with Gasteiger partial charge in [0.25, 0.3) is 0 Å². The van der Waals surface area contributed by atoms with Crippen molar-refractivity contribution in [3.63, 3.8) is 0 Å². The van der Waals surface area contributed by atoms with Gasteiger partial charge in [-0.15, -0.1) is 11.3 Å². The molecule has 20 heavy (non-hydrogen) atoms. The topological polar surface area (TPSA) is 78.4 Å². The molecule has 0 aliphatic rings. The molecule has 2 amide bonds. The molecule has 2 aromatic rings. The Labute approximate surface area is 137 Å². The van der Waals surface area contributed by atoms with E-state index in [0.717, 1.165) is 14.9 Å². The van der Waals surface area contributed by atoms with E-state index in [2.05, 4.69) is 33.2 Å². The number of carboxylic acids is 1. The van der Waals surface area contributed by atoms with E-state index >= 15 is 0 Å². The molecule has 0 aliphatic carbocycles. The molecule has 1 aromatic heterocycles. The van der Waals surface area contributed by atoms with E-state index in [4.69, 9.17) is 16.7 Å². The molecule has 0 bridgehead atoms. The van der Waals surface area contributed by atoms with Crippen LogP contribution in [0.25, 0.3) is 0 Å². The Balaban J connectivity index is 2.09. The first kappa shape index (κ1) is 15.1. The van der Waals surface area contributed by atoms with Crippen LogP contribution in [0, 0.1) is 3.57 Å². The summed E-state index contributed by atoms with van der Waals surface area (Å²) in [6.07, 6.45) is 0. The van der Waals surface area contributed by atoms with Crippen LogP contribution in [0.2, 0.25) is 5.02 Å². The number of nitrogens with one attached hydrogen (secondary N) is 2. The normalized spacial score (nSPS) is 10.1. The van der Waals surface area contributed by atoms with Crippen molar-refractivity contribution >= 4 is 68.2 Å². The molecule has 8 heteroatoms. The van der Waals surface area contributed by atoms with Crippen LogP contribution in [-0.2, 0) is 0 Å². The summed E-state index contributed by atoms with van der Waals surface area (Å²) in [5.74, 6) is -1.09. The van der Waals surface area contributed by atoms with Crippen molar-refractivity contribution in [2.75, 3.05) is 10.6 Å². The van der Waals surface area contributed by atoms with Gasteiger partial charge in [-0.1, -0.05) is 11.6 Å². The number of amides is 2. The van der Waals surface area contributed by atoms with E-state index in [-0.39, 0.29) is 10.6 Å². The number of hydrogen-bond acceptors (Lipinski definition) is 3. The number of carbonyl (C=O) groups is 2.